The van der Waals surface area contributed by atoms with Crippen LogP contribution < -0.4 is 42.4 Å². The van der Waals surface area contributed by atoms with Crippen LogP contribution in [0.3, 0.4) is 0 Å². The van der Waals surface area contributed by atoms with Crippen LogP contribution in [0.5, 0.6) is 5.88 Å². The van der Waals surface area contributed by atoms with E-state index in [4.69, 9.17) is 9.47 Å². The summed E-state index contributed by atoms with van der Waals surface area (Å²) in [6.45, 7) is 12.4. The fraction of sp³-hybridized carbons (Fsp3) is 0.318. The number of rotatable bonds is 11. The van der Waals surface area contributed by atoms with Gasteiger partial charge in [0, 0.05) is 46.3 Å². The monoisotopic (exact) mass is 839 g/mol. The number of aromatic amines is 2. The number of carbonyl (C=O) groups excluding carboxylic acids is 2. The average molecular weight is 840 g/mol. The van der Waals surface area contributed by atoms with E-state index in [-0.39, 0.29) is 46.9 Å². The van der Waals surface area contributed by atoms with Gasteiger partial charge in [-0.05, 0) is 75.9 Å². The molecule has 325 valence electrons. The summed E-state index contributed by atoms with van der Waals surface area (Å²) in [7, 11) is 1.47. The molecule has 3 aromatic heterocycles. The summed E-state index contributed by atoms with van der Waals surface area (Å²) in [5, 5.41) is 10.3. The van der Waals surface area contributed by atoms with Crippen molar-refractivity contribution in [1.82, 2.24) is 30.9 Å². The Labute approximate surface area is 349 Å². The van der Waals surface area contributed by atoms with E-state index in [0.29, 0.717) is 44.7 Å². The third kappa shape index (κ3) is 10.4. The molecule has 7 rings (SSSR count). The smallest absolute Gasteiger partial charge is 0.252 e. The number of methoxy groups -OCH3 is 1. The van der Waals surface area contributed by atoms with Gasteiger partial charge in [0.05, 0.1) is 60.1 Å². The number of aryl methyl sites for hydroxylation is 1. The zero-order chi connectivity index (χ0) is 43.8. The van der Waals surface area contributed by atoms with Crippen LogP contribution in [0.15, 0.2) is 58.3 Å². The number of hydrogen-bond acceptors (Lipinski definition) is 8. The molecular weight excluding hydrogens is 785 g/mol. The Morgan fingerprint density at radius 3 is 1.88 bits per heavy atom. The number of nitrogens with one attached hydrogen (secondary N) is 5. The average Bonchev–Trinajstić information content (AvgIpc) is 4.02. The lowest BCUT2D eigenvalue weighted by Gasteiger charge is -2.18. The highest BCUT2D eigenvalue weighted by Gasteiger charge is 2.27. The quantitative estimate of drug-likeness (QED) is 0.0993. The Kier molecular flexibility index (Phi) is 14.5. The molecule has 0 bridgehead atoms. The third-order valence-electron chi connectivity index (χ3n) is 9.87. The highest BCUT2D eigenvalue weighted by atomic mass is 19.1. The summed E-state index contributed by atoms with van der Waals surface area (Å²) in [5.74, 6) is -2.87. The maximum atomic E-state index is 14.0. The maximum Gasteiger partial charge on any atom is 0.252 e. The van der Waals surface area contributed by atoms with Crippen LogP contribution in [0, 0.1) is 43.7 Å². The minimum absolute atomic E-state index is 0. The molecule has 0 spiro atoms. The van der Waals surface area contributed by atoms with Crippen molar-refractivity contribution < 1.29 is 42.3 Å². The van der Waals surface area contributed by atoms with Crippen LogP contribution in [-0.4, -0.2) is 40.0 Å². The van der Waals surface area contributed by atoms with Gasteiger partial charge in [-0.3, -0.25) is 19.2 Å². The molecule has 5 aromatic rings. The summed E-state index contributed by atoms with van der Waals surface area (Å²) >= 11 is 0. The lowest BCUT2D eigenvalue weighted by atomic mass is 10.0. The summed E-state index contributed by atoms with van der Waals surface area (Å²) in [6, 6.07) is 6.64. The second kappa shape index (κ2) is 19.5. The molecule has 1 radical (unpaired) electrons. The van der Waals surface area contributed by atoms with E-state index in [9.17, 15) is 36.7 Å². The number of nitrogens with zero attached hydrogens (tertiary/aromatic N) is 1. The van der Waals surface area contributed by atoms with Crippen LogP contribution in [0.4, 0.5) is 17.6 Å². The topological polar surface area (TPSA) is 167 Å². The summed E-state index contributed by atoms with van der Waals surface area (Å²) in [5.41, 5.74) is 1.94. The largest absolute Gasteiger partial charge is 0.480 e. The molecular formula is C44H55F4N6O6. The van der Waals surface area contributed by atoms with Crippen molar-refractivity contribution in [2.45, 2.75) is 85.4 Å². The maximum absolute atomic E-state index is 14.0. The molecule has 2 aromatic carbocycles. The molecule has 2 aliphatic rings. The lowest BCUT2D eigenvalue weighted by Crippen LogP contribution is -2.46. The van der Waals surface area contributed by atoms with Crippen molar-refractivity contribution in [3.8, 4) is 5.88 Å². The van der Waals surface area contributed by atoms with E-state index in [2.05, 4.69) is 30.9 Å². The first-order valence-corrected chi connectivity index (χ1v) is 19.4. The van der Waals surface area contributed by atoms with Gasteiger partial charge in [-0.2, -0.15) is 0 Å². The van der Waals surface area contributed by atoms with Gasteiger partial charge >= 0.3 is 0 Å². The van der Waals surface area contributed by atoms with Crippen molar-refractivity contribution >= 4 is 34.7 Å². The highest BCUT2D eigenvalue weighted by molar-refractivity contribution is 5.89. The molecule has 16 heteroatoms. The zero-order valence-electron chi connectivity index (χ0n) is 34.2. The number of ether oxygens (including phenoxy) is 2. The van der Waals surface area contributed by atoms with Gasteiger partial charge in [0.25, 0.3) is 11.1 Å². The van der Waals surface area contributed by atoms with E-state index in [1.165, 1.54) is 25.4 Å². The van der Waals surface area contributed by atoms with Crippen LogP contribution in [0.2, 0.25) is 0 Å². The molecule has 0 unspecified atom stereocenters. The first-order valence-electron chi connectivity index (χ1n) is 19.4. The first-order chi connectivity index (χ1) is 28.6. The number of pyridine rings is 3. The number of carbonyl (C=O) groups is 2. The van der Waals surface area contributed by atoms with Crippen molar-refractivity contribution in [1.29, 1.82) is 0 Å². The fourth-order valence-electron chi connectivity index (χ4n) is 6.69. The molecule has 5 N–H and O–H groups in total. The Hall–Kier alpha value is -6.45. The van der Waals surface area contributed by atoms with Crippen molar-refractivity contribution in [2.75, 3.05) is 7.11 Å². The van der Waals surface area contributed by atoms with E-state index in [0.717, 1.165) is 42.3 Å². The Morgan fingerprint density at radius 2 is 1.37 bits per heavy atom. The number of amides is 2. The van der Waals surface area contributed by atoms with Crippen LogP contribution in [0.25, 0.3) is 22.9 Å². The SMILES string of the molecule is CC.COc1nccc2[nH]c(=O)c(CC(=O)N[C@@H](C)c3ccc(F)cc3F)c(C)c12.Cc1c(CC(=O)N[C@@H](C)c2ccc(F)cc2F)c(=O)[nH]c2c1=C(OC1CC1)N[CH]C=2.[HH].[HH].[HH].[HH]. The molecule has 1 fully saturated rings. The van der Waals surface area contributed by atoms with E-state index in [1.54, 1.807) is 46.4 Å². The number of fused-ring (bicyclic) bond motifs is 2. The Bertz CT molecular complexity index is 2680. The van der Waals surface area contributed by atoms with E-state index < -0.39 is 52.7 Å². The Balaban J connectivity index is 0.000000582. The molecule has 0 saturated heterocycles. The molecule has 2 amide bonds. The normalized spacial score (nSPS) is 13.8. The predicted molar refractivity (Wildman–Crippen MR) is 227 cm³/mol. The number of halogens is 4. The number of aromatic nitrogens is 3. The van der Waals surface area contributed by atoms with Gasteiger partial charge in [-0.25, -0.2) is 22.5 Å². The van der Waals surface area contributed by atoms with Crippen molar-refractivity contribution in [3.63, 3.8) is 0 Å². The molecule has 2 atom stereocenters. The third-order valence-corrected chi connectivity index (χ3v) is 9.87. The molecule has 12 nitrogen and oxygen atoms in total. The van der Waals surface area contributed by atoms with Crippen molar-refractivity contribution in [3.05, 3.63) is 143 Å². The first kappa shape index (κ1) is 44.6. The zero-order valence-corrected chi connectivity index (χ0v) is 34.2. The van der Waals surface area contributed by atoms with Gasteiger partial charge in [0.1, 0.15) is 29.4 Å². The standard InChI is InChI=1S/C22H22F2N3O3.C20H19F2N3O3.C2H6.4H2/c1-11-16(10-19(28)26-12(2)15-6-3-13(23)9-17(15)24)21(29)27-18-7-8-25-22(20(11)18)30-14-4-5-14;1-10-14(19(27)25-16-6-7-23-20(28-3)18(10)16)9-17(26)24-11(2)13-5-4-12(21)8-15(13)22;1-2;;;;/h3,6-9,12,14,25H,4-5,10H2,1-2H3,(H,26,28)(H,27,29);4-8,11H,9H2,1-3H3,(H,24,26)(H,25,27);1-2H3;4*1H/t12-;11-;;;;;/m00...../s1. The molecule has 1 aliphatic heterocycles. The van der Waals surface area contributed by atoms with E-state index in [1.807, 2.05) is 13.8 Å². The fourth-order valence-corrected chi connectivity index (χ4v) is 6.69. The lowest BCUT2D eigenvalue weighted by molar-refractivity contribution is -0.122. The molecule has 4 heterocycles. The van der Waals surface area contributed by atoms with Crippen LogP contribution in [0.1, 0.15) is 91.7 Å². The number of hydrogen-bond donors (Lipinski definition) is 5. The summed E-state index contributed by atoms with van der Waals surface area (Å²) in [6.07, 6.45) is 5.01. The van der Waals surface area contributed by atoms with Crippen LogP contribution in [-0.2, 0) is 27.2 Å². The summed E-state index contributed by atoms with van der Waals surface area (Å²) < 4.78 is 65.2. The van der Waals surface area contributed by atoms with Gasteiger partial charge in [-0.15, -0.1) is 0 Å². The predicted octanol–water partition coefficient (Wildman–Crippen LogP) is 6.12. The van der Waals surface area contributed by atoms with Gasteiger partial charge in [0.2, 0.25) is 17.7 Å². The van der Waals surface area contributed by atoms with Crippen LogP contribution >= 0.6 is 0 Å². The molecule has 1 aliphatic carbocycles. The van der Waals surface area contributed by atoms with Gasteiger partial charge < -0.3 is 35.4 Å². The van der Waals surface area contributed by atoms with Gasteiger partial charge in [-0.1, -0.05) is 26.0 Å². The van der Waals surface area contributed by atoms with Gasteiger partial charge in [0.15, 0.2) is 5.88 Å². The minimum atomic E-state index is -0.747. The highest BCUT2D eigenvalue weighted by Crippen LogP contribution is 2.27. The molecule has 1 saturated carbocycles. The molecule has 60 heavy (non-hydrogen) atoms. The minimum Gasteiger partial charge on any atom is -0.480 e. The van der Waals surface area contributed by atoms with E-state index >= 15 is 0 Å². The second-order valence-corrected chi connectivity index (χ2v) is 14.0. The van der Waals surface area contributed by atoms with Crippen molar-refractivity contribution in [2.24, 2.45) is 0 Å². The summed E-state index contributed by atoms with van der Waals surface area (Å²) in [4.78, 5) is 59.7. The second-order valence-electron chi connectivity index (χ2n) is 14.0. The number of benzene rings is 2. The number of H-pyrrole nitrogens is 2. The Morgan fingerprint density at radius 1 is 0.833 bits per heavy atom.